The molecule has 2 atom stereocenters. The number of fused-ring (bicyclic) bond motifs is 2. The van der Waals surface area contributed by atoms with Gasteiger partial charge in [0.1, 0.15) is 12.4 Å². The number of carbonyl (C=O) groups is 1. The van der Waals surface area contributed by atoms with Gasteiger partial charge in [0.25, 0.3) is 0 Å². The first-order valence-electron chi connectivity index (χ1n) is 14.4. The highest BCUT2D eigenvalue weighted by Gasteiger charge is 2.37. The Hall–Kier alpha value is -3.17. The van der Waals surface area contributed by atoms with Crippen LogP contribution < -0.4 is 14.5 Å². The maximum atomic E-state index is 12.2. The molecule has 1 amide bonds. The summed E-state index contributed by atoms with van der Waals surface area (Å²) in [6, 6.07) is 7.75. The van der Waals surface area contributed by atoms with E-state index in [9.17, 15) is 4.79 Å². The van der Waals surface area contributed by atoms with E-state index < -0.39 is 0 Å². The van der Waals surface area contributed by atoms with Gasteiger partial charge in [0.05, 0.1) is 18.3 Å². The lowest BCUT2D eigenvalue weighted by Crippen LogP contribution is -2.49. The highest BCUT2D eigenvalue weighted by molar-refractivity contribution is 5.87. The van der Waals surface area contributed by atoms with Crippen molar-refractivity contribution in [2.45, 2.75) is 51.4 Å². The maximum absolute atomic E-state index is 12.2. The molecule has 5 heterocycles. The lowest BCUT2D eigenvalue weighted by molar-refractivity contribution is -0.126. The normalized spacial score (nSPS) is 23.6. The summed E-state index contributed by atoms with van der Waals surface area (Å²) >= 11 is 0. The predicted molar refractivity (Wildman–Crippen MR) is 153 cm³/mol. The third-order valence-electron chi connectivity index (χ3n) is 9.08. The fraction of sp³-hybridized carbons (Fsp3) is 0.567. The highest BCUT2D eigenvalue weighted by atomic mass is 16.5. The molecule has 0 bridgehead atoms. The first-order valence-corrected chi connectivity index (χ1v) is 14.4. The van der Waals surface area contributed by atoms with Crippen molar-refractivity contribution in [2.75, 3.05) is 69.8 Å². The Labute approximate surface area is 232 Å². The number of amides is 1. The molecule has 9 heteroatoms. The molecule has 2 saturated heterocycles. The van der Waals surface area contributed by atoms with Crippen molar-refractivity contribution in [1.29, 1.82) is 0 Å². The van der Waals surface area contributed by atoms with Gasteiger partial charge in [-0.25, -0.2) is 0 Å². The second-order valence-corrected chi connectivity index (χ2v) is 11.5. The van der Waals surface area contributed by atoms with Crippen molar-refractivity contribution in [1.82, 2.24) is 24.7 Å². The van der Waals surface area contributed by atoms with Crippen molar-refractivity contribution in [3.8, 4) is 6.01 Å². The molecule has 0 N–H and O–H groups in total. The summed E-state index contributed by atoms with van der Waals surface area (Å²) in [6.07, 6.45) is 4.84. The molecule has 1 aromatic carbocycles. The number of benzene rings is 1. The van der Waals surface area contributed by atoms with Crippen LogP contribution in [0.4, 0.5) is 11.5 Å². The van der Waals surface area contributed by atoms with Gasteiger partial charge in [-0.2, -0.15) is 9.97 Å². The van der Waals surface area contributed by atoms with Gasteiger partial charge in [-0.3, -0.25) is 4.79 Å². The fourth-order valence-electron chi connectivity index (χ4n) is 6.68. The lowest BCUT2D eigenvalue weighted by atomic mass is 9.97. The van der Waals surface area contributed by atoms with Crippen LogP contribution in [-0.4, -0.2) is 96.6 Å². The monoisotopic (exact) mass is 531 g/mol. The molecule has 6 rings (SSSR count). The number of anilines is 2. The number of aromatic nitrogens is 2. The smallest absolute Gasteiger partial charge is 0.318 e. The number of nitrogens with zero attached hydrogens (tertiary/aromatic N) is 7. The van der Waals surface area contributed by atoms with E-state index in [0.717, 1.165) is 63.6 Å². The number of hydrogen-bond acceptors (Lipinski definition) is 8. The molecule has 9 nitrogen and oxygen atoms in total. The van der Waals surface area contributed by atoms with Crippen LogP contribution in [0.25, 0.3) is 0 Å². The zero-order valence-electron chi connectivity index (χ0n) is 23.6. The Morgan fingerprint density at radius 1 is 1.10 bits per heavy atom. The van der Waals surface area contributed by atoms with Gasteiger partial charge in [-0.1, -0.05) is 18.7 Å². The SMILES string of the molecule is C=CC(=O)N1CCN(c2nc(OCC3CCCN3C)nc3c2[C@H](C)N(c2cccc4c2CN(C)CC4)C3)CC1. The minimum atomic E-state index is -0.00867. The number of piperazine rings is 1. The molecule has 1 aromatic heterocycles. The van der Waals surface area contributed by atoms with E-state index in [1.165, 1.54) is 34.9 Å². The third-order valence-corrected chi connectivity index (χ3v) is 9.08. The molecule has 2 aromatic rings. The molecule has 0 radical (unpaired) electrons. The molecular formula is C30H41N7O2. The van der Waals surface area contributed by atoms with E-state index >= 15 is 0 Å². The molecule has 4 aliphatic rings. The van der Waals surface area contributed by atoms with Gasteiger partial charge < -0.3 is 29.2 Å². The second-order valence-electron chi connectivity index (χ2n) is 11.5. The molecule has 39 heavy (non-hydrogen) atoms. The standard InChI is InChI=1S/C30H41N7O2/c1-5-27(38)35-14-16-36(17-15-35)29-28-21(2)37(26-10-6-8-22-11-13-33(3)18-24(22)26)19-25(28)31-30(32-29)39-20-23-9-7-12-34(23)4/h5-6,8,10,21,23H,1,7,9,11-20H2,2-4H3/t21-,23?/m0/s1. The van der Waals surface area contributed by atoms with Crippen molar-refractivity contribution in [2.24, 2.45) is 0 Å². The molecule has 2 fully saturated rings. The van der Waals surface area contributed by atoms with E-state index in [4.69, 9.17) is 14.7 Å². The van der Waals surface area contributed by atoms with E-state index in [1.807, 2.05) is 4.90 Å². The van der Waals surface area contributed by atoms with Gasteiger partial charge in [0, 0.05) is 56.6 Å². The summed E-state index contributed by atoms with van der Waals surface area (Å²) in [5, 5.41) is 0. The Balaban J connectivity index is 1.32. The predicted octanol–water partition coefficient (Wildman–Crippen LogP) is 2.85. The molecule has 1 unspecified atom stereocenters. The number of carbonyl (C=O) groups excluding carboxylic acids is 1. The van der Waals surface area contributed by atoms with E-state index in [2.05, 4.69) is 65.4 Å². The highest BCUT2D eigenvalue weighted by Crippen LogP contribution is 2.44. The van der Waals surface area contributed by atoms with Crippen molar-refractivity contribution < 1.29 is 9.53 Å². The number of hydrogen-bond donors (Lipinski definition) is 0. The number of likely N-dealkylation sites (N-methyl/N-ethyl adjacent to an activating group) is 2. The minimum Gasteiger partial charge on any atom is -0.462 e. The summed E-state index contributed by atoms with van der Waals surface area (Å²) in [5.74, 6) is 0.947. The minimum absolute atomic E-state index is 0.00867. The summed E-state index contributed by atoms with van der Waals surface area (Å²) in [7, 11) is 4.37. The first-order chi connectivity index (χ1) is 18.9. The average Bonchev–Trinajstić information content (AvgIpc) is 3.52. The zero-order valence-corrected chi connectivity index (χ0v) is 23.6. The Morgan fingerprint density at radius 2 is 1.92 bits per heavy atom. The van der Waals surface area contributed by atoms with Crippen LogP contribution >= 0.6 is 0 Å². The summed E-state index contributed by atoms with van der Waals surface area (Å²) in [6.45, 7) is 13.2. The Morgan fingerprint density at radius 3 is 2.67 bits per heavy atom. The maximum Gasteiger partial charge on any atom is 0.318 e. The van der Waals surface area contributed by atoms with Crippen LogP contribution in [0, 0.1) is 0 Å². The molecule has 0 spiro atoms. The third kappa shape index (κ3) is 4.98. The van der Waals surface area contributed by atoms with Gasteiger partial charge in [-0.15, -0.1) is 0 Å². The molecule has 0 saturated carbocycles. The van der Waals surface area contributed by atoms with Crippen LogP contribution in [0.2, 0.25) is 0 Å². The largest absolute Gasteiger partial charge is 0.462 e. The van der Waals surface area contributed by atoms with E-state index in [-0.39, 0.29) is 11.9 Å². The molecule has 4 aliphatic heterocycles. The molecule has 0 aliphatic carbocycles. The van der Waals surface area contributed by atoms with Gasteiger partial charge >= 0.3 is 6.01 Å². The van der Waals surface area contributed by atoms with Gasteiger partial charge in [-0.05, 0) is 70.1 Å². The number of likely N-dealkylation sites (tertiary alicyclic amines) is 1. The Bertz CT molecular complexity index is 1240. The van der Waals surface area contributed by atoms with Crippen LogP contribution in [0.15, 0.2) is 30.9 Å². The zero-order chi connectivity index (χ0) is 27.1. The number of ether oxygens (including phenoxy) is 1. The lowest BCUT2D eigenvalue weighted by Gasteiger charge is -2.36. The number of rotatable bonds is 6. The topological polar surface area (TPSA) is 68.3 Å². The van der Waals surface area contributed by atoms with Crippen LogP contribution in [0.3, 0.4) is 0 Å². The molecule has 208 valence electrons. The first kappa shape index (κ1) is 26.1. The quantitative estimate of drug-likeness (QED) is 0.528. The van der Waals surface area contributed by atoms with Crippen molar-refractivity contribution in [3.63, 3.8) is 0 Å². The molecular weight excluding hydrogens is 490 g/mol. The summed E-state index contributed by atoms with van der Waals surface area (Å²) < 4.78 is 6.28. The second kappa shape index (κ2) is 10.8. The van der Waals surface area contributed by atoms with Gasteiger partial charge in [0.15, 0.2) is 0 Å². The van der Waals surface area contributed by atoms with Gasteiger partial charge in [0.2, 0.25) is 5.91 Å². The van der Waals surface area contributed by atoms with Crippen LogP contribution in [0.1, 0.15) is 48.2 Å². The van der Waals surface area contributed by atoms with E-state index in [1.54, 1.807) is 0 Å². The van der Waals surface area contributed by atoms with Crippen molar-refractivity contribution >= 4 is 17.4 Å². The van der Waals surface area contributed by atoms with E-state index in [0.29, 0.717) is 31.7 Å². The summed E-state index contributed by atoms with van der Waals surface area (Å²) in [4.78, 5) is 33.7. The van der Waals surface area contributed by atoms with Crippen LogP contribution in [-0.2, 0) is 24.3 Å². The van der Waals surface area contributed by atoms with Crippen molar-refractivity contribution in [3.05, 3.63) is 53.2 Å². The average molecular weight is 532 g/mol. The van der Waals surface area contributed by atoms with Crippen LogP contribution in [0.5, 0.6) is 6.01 Å². The summed E-state index contributed by atoms with van der Waals surface area (Å²) in [5.41, 5.74) is 6.41. The Kier molecular flexibility index (Phi) is 7.20. The fourth-order valence-corrected chi connectivity index (χ4v) is 6.68.